The number of benzene rings is 1. The molecule has 0 amide bonds. The molecule has 72 valence electrons. The largest absolute Gasteiger partial charge is 0.396 e. The van der Waals surface area contributed by atoms with Crippen molar-refractivity contribution in [2.45, 2.75) is 12.5 Å². The Balaban J connectivity index is 2.84. The smallest absolute Gasteiger partial charge is 0.107 e. The molecule has 1 atom stereocenters. The van der Waals surface area contributed by atoms with E-state index < -0.39 is 0 Å². The van der Waals surface area contributed by atoms with Crippen LogP contribution in [0.1, 0.15) is 18.1 Å². The molecular weight excluding hydrogens is 234 g/mol. The van der Waals surface area contributed by atoms with E-state index >= 15 is 0 Å². The van der Waals surface area contributed by atoms with Crippen molar-refractivity contribution in [3.63, 3.8) is 0 Å². The highest BCUT2D eigenvalue weighted by Crippen LogP contribution is 2.26. The summed E-state index contributed by atoms with van der Waals surface area (Å²) in [6, 6.07) is 7.65. The molecule has 0 aliphatic heterocycles. The summed E-state index contributed by atoms with van der Waals surface area (Å²) in [7, 11) is 0. The fourth-order valence-electron chi connectivity index (χ4n) is 1.15. The zero-order chi connectivity index (χ0) is 9.68. The average molecular weight is 246 g/mol. The van der Waals surface area contributed by atoms with Gasteiger partial charge in [0.25, 0.3) is 0 Å². The van der Waals surface area contributed by atoms with Gasteiger partial charge in [0, 0.05) is 17.5 Å². The molecular formula is C9H12BrNO2. The Morgan fingerprint density at radius 2 is 2.15 bits per heavy atom. The standard InChI is InChI=1S/C9H12BrNO2/c10-8-4-2-1-3-7(8)9(13-11)5-6-12/h1-4,9,12H,5-6,11H2. The second-order valence-electron chi connectivity index (χ2n) is 2.66. The Morgan fingerprint density at radius 3 is 2.69 bits per heavy atom. The highest BCUT2D eigenvalue weighted by atomic mass is 79.9. The third-order valence-corrected chi connectivity index (χ3v) is 2.53. The molecule has 1 unspecified atom stereocenters. The molecule has 1 aromatic rings. The van der Waals surface area contributed by atoms with Gasteiger partial charge in [0.15, 0.2) is 0 Å². The topological polar surface area (TPSA) is 55.5 Å². The first-order valence-corrected chi connectivity index (χ1v) is 4.79. The van der Waals surface area contributed by atoms with Crippen molar-refractivity contribution in [3.05, 3.63) is 34.3 Å². The Bertz CT molecular complexity index is 268. The van der Waals surface area contributed by atoms with Crippen molar-refractivity contribution >= 4 is 15.9 Å². The molecule has 0 aliphatic rings. The third kappa shape index (κ3) is 2.77. The summed E-state index contributed by atoms with van der Waals surface area (Å²) < 4.78 is 0.943. The SMILES string of the molecule is NOC(CCO)c1ccccc1Br. The highest BCUT2D eigenvalue weighted by Gasteiger charge is 2.12. The molecule has 13 heavy (non-hydrogen) atoms. The first-order chi connectivity index (χ1) is 6.29. The van der Waals surface area contributed by atoms with Crippen molar-refractivity contribution in [2.75, 3.05) is 6.61 Å². The van der Waals surface area contributed by atoms with Crippen LogP contribution in [-0.2, 0) is 4.84 Å². The molecule has 0 heterocycles. The van der Waals surface area contributed by atoms with E-state index in [0.29, 0.717) is 6.42 Å². The van der Waals surface area contributed by atoms with Crippen LogP contribution in [0.25, 0.3) is 0 Å². The summed E-state index contributed by atoms with van der Waals surface area (Å²) in [6.45, 7) is 0.0587. The van der Waals surface area contributed by atoms with Gasteiger partial charge in [0.1, 0.15) is 6.10 Å². The Morgan fingerprint density at radius 1 is 1.46 bits per heavy atom. The lowest BCUT2D eigenvalue weighted by atomic mass is 10.1. The zero-order valence-corrected chi connectivity index (χ0v) is 8.70. The van der Waals surface area contributed by atoms with E-state index in [2.05, 4.69) is 15.9 Å². The molecule has 0 aliphatic carbocycles. The van der Waals surface area contributed by atoms with Crippen LogP contribution < -0.4 is 5.90 Å². The minimum absolute atomic E-state index is 0.0587. The Hall–Kier alpha value is -0.420. The number of nitrogens with two attached hydrogens (primary N) is 1. The summed E-state index contributed by atoms with van der Waals surface area (Å²) in [5.41, 5.74) is 0.957. The number of aliphatic hydroxyl groups is 1. The maximum absolute atomic E-state index is 8.77. The van der Waals surface area contributed by atoms with Crippen LogP contribution in [0.3, 0.4) is 0 Å². The van der Waals surface area contributed by atoms with Crippen molar-refractivity contribution in [1.29, 1.82) is 0 Å². The van der Waals surface area contributed by atoms with Gasteiger partial charge in [-0.05, 0) is 11.6 Å². The van der Waals surface area contributed by atoms with Gasteiger partial charge >= 0.3 is 0 Å². The van der Waals surface area contributed by atoms with E-state index in [9.17, 15) is 0 Å². The first kappa shape index (κ1) is 10.7. The van der Waals surface area contributed by atoms with E-state index in [-0.39, 0.29) is 12.7 Å². The predicted molar refractivity (Wildman–Crippen MR) is 53.9 cm³/mol. The Kier molecular flexibility index (Phi) is 4.38. The van der Waals surface area contributed by atoms with E-state index in [1.165, 1.54) is 0 Å². The van der Waals surface area contributed by atoms with Gasteiger partial charge in [0.05, 0.1) is 0 Å². The molecule has 0 fully saturated rings. The zero-order valence-electron chi connectivity index (χ0n) is 7.11. The van der Waals surface area contributed by atoms with Gasteiger partial charge in [-0.3, -0.25) is 4.84 Å². The van der Waals surface area contributed by atoms with Crippen LogP contribution >= 0.6 is 15.9 Å². The fourth-order valence-corrected chi connectivity index (χ4v) is 1.69. The minimum Gasteiger partial charge on any atom is -0.396 e. The lowest BCUT2D eigenvalue weighted by Crippen LogP contribution is -2.11. The van der Waals surface area contributed by atoms with E-state index in [1.54, 1.807) is 0 Å². The monoisotopic (exact) mass is 245 g/mol. The van der Waals surface area contributed by atoms with Crippen LogP contribution in [0.4, 0.5) is 0 Å². The van der Waals surface area contributed by atoms with E-state index in [0.717, 1.165) is 10.0 Å². The normalized spacial score (nSPS) is 12.8. The van der Waals surface area contributed by atoms with Crippen LogP contribution in [-0.4, -0.2) is 11.7 Å². The van der Waals surface area contributed by atoms with Crippen LogP contribution in [0.15, 0.2) is 28.7 Å². The van der Waals surface area contributed by atoms with Gasteiger partial charge in [-0.2, -0.15) is 0 Å². The molecule has 0 radical (unpaired) electrons. The molecule has 1 rings (SSSR count). The highest BCUT2D eigenvalue weighted by molar-refractivity contribution is 9.10. The van der Waals surface area contributed by atoms with Crippen LogP contribution in [0.2, 0.25) is 0 Å². The van der Waals surface area contributed by atoms with Crippen molar-refractivity contribution in [1.82, 2.24) is 0 Å². The lowest BCUT2D eigenvalue weighted by molar-refractivity contribution is 0.0338. The number of rotatable bonds is 4. The number of hydrogen-bond acceptors (Lipinski definition) is 3. The van der Waals surface area contributed by atoms with Crippen molar-refractivity contribution in [2.24, 2.45) is 5.90 Å². The maximum atomic E-state index is 8.77. The summed E-state index contributed by atoms with van der Waals surface area (Å²) >= 11 is 3.39. The lowest BCUT2D eigenvalue weighted by Gasteiger charge is -2.14. The van der Waals surface area contributed by atoms with Gasteiger partial charge < -0.3 is 5.11 Å². The average Bonchev–Trinajstić information content (AvgIpc) is 2.16. The first-order valence-electron chi connectivity index (χ1n) is 4.00. The van der Waals surface area contributed by atoms with Crippen molar-refractivity contribution in [3.8, 4) is 0 Å². The van der Waals surface area contributed by atoms with E-state index in [1.807, 2.05) is 24.3 Å². The Labute approximate surface area is 85.6 Å². The summed E-state index contributed by atoms with van der Waals surface area (Å²) in [6.07, 6.45) is 0.250. The second-order valence-corrected chi connectivity index (χ2v) is 3.51. The number of halogens is 1. The summed E-state index contributed by atoms with van der Waals surface area (Å²) in [5.74, 6) is 5.13. The van der Waals surface area contributed by atoms with Crippen molar-refractivity contribution < 1.29 is 9.94 Å². The molecule has 0 bridgehead atoms. The van der Waals surface area contributed by atoms with Crippen LogP contribution in [0.5, 0.6) is 0 Å². The summed E-state index contributed by atoms with van der Waals surface area (Å²) in [4.78, 5) is 4.77. The molecule has 0 spiro atoms. The van der Waals surface area contributed by atoms with Gasteiger partial charge in [-0.15, -0.1) is 0 Å². The van der Waals surface area contributed by atoms with Crippen LogP contribution in [0, 0.1) is 0 Å². The van der Waals surface area contributed by atoms with Gasteiger partial charge in [-0.25, -0.2) is 5.90 Å². The molecule has 0 saturated heterocycles. The summed E-state index contributed by atoms with van der Waals surface area (Å²) in [5, 5.41) is 8.77. The predicted octanol–water partition coefficient (Wildman–Crippen LogP) is 1.76. The maximum Gasteiger partial charge on any atom is 0.107 e. The van der Waals surface area contributed by atoms with E-state index in [4.69, 9.17) is 15.8 Å². The molecule has 0 saturated carbocycles. The second kappa shape index (κ2) is 5.34. The molecule has 4 heteroatoms. The fraction of sp³-hybridized carbons (Fsp3) is 0.333. The molecule has 1 aromatic carbocycles. The minimum atomic E-state index is -0.249. The number of aliphatic hydroxyl groups excluding tert-OH is 1. The number of hydrogen-bond donors (Lipinski definition) is 2. The molecule has 3 nitrogen and oxygen atoms in total. The van der Waals surface area contributed by atoms with Gasteiger partial charge in [-0.1, -0.05) is 34.1 Å². The third-order valence-electron chi connectivity index (χ3n) is 1.81. The molecule has 0 aromatic heterocycles. The van der Waals surface area contributed by atoms with Gasteiger partial charge in [0.2, 0.25) is 0 Å². The molecule has 3 N–H and O–H groups in total. The quantitative estimate of drug-likeness (QED) is 0.796.